The van der Waals surface area contributed by atoms with E-state index >= 15 is 0 Å². The predicted molar refractivity (Wildman–Crippen MR) is 137 cm³/mol. The maximum atomic E-state index is 13.0. The Bertz CT molecular complexity index is 1320. The number of hydrogen-bond donors (Lipinski definition) is 1. The van der Waals surface area contributed by atoms with Gasteiger partial charge in [-0.3, -0.25) is 14.4 Å². The van der Waals surface area contributed by atoms with Crippen LogP contribution in [-0.4, -0.2) is 45.0 Å². The highest BCUT2D eigenvalue weighted by molar-refractivity contribution is 6.08. The maximum Gasteiger partial charge on any atom is 0.258 e. The van der Waals surface area contributed by atoms with Crippen molar-refractivity contribution >= 4 is 34.8 Å². The summed E-state index contributed by atoms with van der Waals surface area (Å²) in [6, 6.07) is 20.0. The molecule has 0 saturated carbocycles. The van der Waals surface area contributed by atoms with Crippen molar-refractivity contribution in [3.05, 3.63) is 77.9 Å². The lowest BCUT2D eigenvalue weighted by Crippen LogP contribution is -2.29. The first-order chi connectivity index (χ1) is 17.5. The molecule has 8 nitrogen and oxygen atoms in total. The molecule has 1 fully saturated rings. The zero-order chi connectivity index (χ0) is 25.2. The van der Waals surface area contributed by atoms with Gasteiger partial charge in [0.05, 0.1) is 25.8 Å². The zero-order valence-electron chi connectivity index (χ0n) is 20.2. The Labute approximate surface area is 209 Å². The van der Waals surface area contributed by atoms with Gasteiger partial charge >= 0.3 is 0 Å². The molecule has 0 bridgehead atoms. The highest BCUT2D eigenvalue weighted by atomic mass is 16.5. The van der Waals surface area contributed by atoms with Crippen molar-refractivity contribution in [2.24, 2.45) is 5.92 Å². The van der Waals surface area contributed by atoms with E-state index in [9.17, 15) is 14.4 Å². The van der Waals surface area contributed by atoms with E-state index in [1.807, 2.05) is 24.3 Å². The summed E-state index contributed by atoms with van der Waals surface area (Å²) in [4.78, 5) is 42.1. The van der Waals surface area contributed by atoms with Gasteiger partial charge in [0.2, 0.25) is 11.8 Å². The summed E-state index contributed by atoms with van der Waals surface area (Å²) < 4.78 is 10.7. The molecule has 1 unspecified atom stereocenters. The normalized spacial score (nSPS) is 16.6. The van der Waals surface area contributed by atoms with E-state index in [0.29, 0.717) is 35.0 Å². The molecule has 2 aliphatic heterocycles. The van der Waals surface area contributed by atoms with Gasteiger partial charge in [0.15, 0.2) is 0 Å². The second kappa shape index (κ2) is 9.73. The van der Waals surface area contributed by atoms with Crippen molar-refractivity contribution in [2.75, 3.05) is 42.4 Å². The molecule has 1 atom stereocenters. The quantitative estimate of drug-likeness (QED) is 0.572. The zero-order valence-corrected chi connectivity index (χ0v) is 20.2. The summed E-state index contributed by atoms with van der Waals surface area (Å²) in [5.74, 6) is 0.136. The first-order valence-electron chi connectivity index (χ1n) is 11.8. The smallest absolute Gasteiger partial charge is 0.258 e. The van der Waals surface area contributed by atoms with Gasteiger partial charge in [0.1, 0.15) is 11.5 Å². The molecule has 1 saturated heterocycles. The molecule has 0 radical (unpaired) electrons. The number of nitrogens with zero attached hydrogens (tertiary/aromatic N) is 2. The van der Waals surface area contributed by atoms with Gasteiger partial charge in [-0.2, -0.15) is 0 Å². The van der Waals surface area contributed by atoms with Crippen molar-refractivity contribution in [1.82, 2.24) is 0 Å². The summed E-state index contributed by atoms with van der Waals surface area (Å²) >= 11 is 0. The Hall–Kier alpha value is -4.33. The second-order valence-corrected chi connectivity index (χ2v) is 8.85. The predicted octanol–water partition coefficient (Wildman–Crippen LogP) is 3.90. The van der Waals surface area contributed by atoms with Crippen LogP contribution in [0.1, 0.15) is 22.3 Å². The van der Waals surface area contributed by atoms with Crippen LogP contribution in [0.3, 0.4) is 0 Å². The molecule has 5 rings (SSSR count). The van der Waals surface area contributed by atoms with Crippen LogP contribution >= 0.6 is 0 Å². The number of ether oxygens (including phenoxy) is 2. The fraction of sp³-hybridized carbons (Fsp3) is 0.250. The van der Waals surface area contributed by atoms with Crippen LogP contribution in [0, 0.1) is 5.92 Å². The molecule has 0 spiro atoms. The first kappa shape index (κ1) is 23.4. The highest BCUT2D eigenvalue weighted by Crippen LogP contribution is 2.36. The summed E-state index contributed by atoms with van der Waals surface area (Å²) in [6.07, 6.45) is 0.936. The molecule has 2 aliphatic rings. The monoisotopic (exact) mass is 485 g/mol. The van der Waals surface area contributed by atoms with Crippen LogP contribution in [0.5, 0.6) is 11.5 Å². The molecule has 0 aliphatic carbocycles. The molecule has 3 aromatic rings. The summed E-state index contributed by atoms with van der Waals surface area (Å²) in [5.41, 5.74) is 3.81. The Balaban J connectivity index is 1.25. The number of methoxy groups -OCH3 is 2. The van der Waals surface area contributed by atoms with Crippen molar-refractivity contribution in [2.45, 2.75) is 12.8 Å². The van der Waals surface area contributed by atoms with Gasteiger partial charge in [0.25, 0.3) is 5.91 Å². The molecule has 8 heteroatoms. The van der Waals surface area contributed by atoms with Crippen molar-refractivity contribution in [3.63, 3.8) is 0 Å². The highest BCUT2D eigenvalue weighted by Gasteiger charge is 2.36. The lowest BCUT2D eigenvalue weighted by molar-refractivity contribution is -0.122. The van der Waals surface area contributed by atoms with Crippen LogP contribution in [0.4, 0.5) is 17.1 Å². The number of hydrogen-bond acceptors (Lipinski definition) is 5. The largest absolute Gasteiger partial charge is 0.497 e. The van der Waals surface area contributed by atoms with E-state index in [1.54, 1.807) is 59.4 Å². The fourth-order valence-corrected chi connectivity index (χ4v) is 4.77. The Morgan fingerprint density at radius 3 is 2.47 bits per heavy atom. The molecule has 2 heterocycles. The van der Waals surface area contributed by atoms with E-state index in [4.69, 9.17) is 9.47 Å². The summed E-state index contributed by atoms with van der Waals surface area (Å²) in [7, 11) is 3.09. The number of rotatable bonds is 6. The average Bonchev–Trinajstić information content (AvgIpc) is 3.52. The lowest BCUT2D eigenvalue weighted by Gasteiger charge is -2.20. The lowest BCUT2D eigenvalue weighted by atomic mass is 10.1. The fourth-order valence-electron chi connectivity index (χ4n) is 4.77. The minimum Gasteiger partial charge on any atom is -0.497 e. The topological polar surface area (TPSA) is 88.2 Å². The van der Waals surface area contributed by atoms with Gasteiger partial charge in [-0.25, -0.2) is 0 Å². The van der Waals surface area contributed by atoms with Crippen molar-refractivity contribution in [1.29, 1.82) is 0 Å². The van der Waals surface area contributed by atoms with E-state index in [2.05, 4.69) is 5.32 Å². The van der Waals surface area contributed by atoms with Gasteiger partial charge in [-0.05, 0) is 54.4 Å². The molecule has 36 heavy (non-hydrogen) atoms. The second-order valence-electron chi connectivity index (χ2n) is 8.85. The van der Waals surface area contributed by atoms with E-state index in [1.165, 1.54) is 12.7 Å². The molecular formula is C28H27N3O5. The number of fused-ring (bicyclic) bond motifs is 1. The van der Waals surface area contributed by atoms with Crippen LogP contribution in [0.2, 0.25) is 0 Å². The number of carbonyl (C=O) groups excluding carboxylic acids is 3. The van der Waals surface area contributed by atoms with E-state index < -0.39 is 5.92 Å². The Morgan fingerprint density at radius 1 is 0.944 bits per heavy atom. The number of para-hydroxylation sites is 1. The van der Waals surface area contributed by atoms with Gasteiger partial charge < -0.3 is 24.6 Å². The third-order valence-electron chi connectivity index (χ3n) is 6.70. The Kier molecular flexibility index (Phi) is 6.33. The van der Waals surface area contributed by atoms with Gasteiger partial charge in [-0.15, -0.1) is 0 Å². The maximum absolute atomic E-state index is 13.0. The molecule has 0 aromatic heterocycles. The molecule has 184 valence electrons. The molecular weight excluding hydrogens is 458 g/mol. The Morgan fingerprint density at radius 2 is 1.72 bits per heavy atom. The number of carbonyl (C=O) groups is 3. The molecule has 3 amide bonds. The third kappa shape index (κ3) is 4.37. The number of anilines is 3. The van der Waals surface area contributed by atoms with Crippen LogP contribution in [-0.2, 0) is 16.0 Å². The average molecular weight is 486 g/mol. The molecule has 3 aromatic carbocycles. The number of benzene rings is 3. The van der Waals surface area contributed by atoms with E-state index in [0.717, 1.165) is 12.1 Å². The van der Waals surface area contributed by atoms with E-state index in [-0.39, 0.29) is 30.7 Å². The van der Waals surface area contributed by atoms with Gasteiger partial charge in [0, 0.05) is 42.5 Å². The number of nitrogens with one attached hydrogen (secondary N) is 1. The van der Waals surface area contributed by atoms with Crippen molar-refractivity contribution < 1.29 is 23.9 Å². The third-order valence-corrected chi connectivity index (χ3v) is 6.70. The molecule has 1 N–H and O–H groups in total. The SMILES string of the molecule is COc1ccc(OC)c(N2CC(C(=O)Nc3ccc(C(=O)N4CCc5ccccc54)cc3)CC2=O)c1. The number of amides is 3. The standard InChI is InChI=1S/C28H27N3O5/c1-35-22-11-12-25(36-2)24(16-22)31-17-20(15-26(31)32)27(33)29-21-9-7-19(8-10-21)28(34)30-14-13-18-5-3-4-6-23(18)30/h3-12,16,20H,13-15,17H2,1-2H3,(H,29,33). The minimum atomic E-state index is -0.518. The van der Waals surface area contributed by atoms with Gasteiger partial charge in [-0.1, -0.05) is 18.2 Å². The summed E-state index contributed by atoms with van der Waals surface area (Å²) in [5, 5.41) is 2.88. The first-order valence-corrected chi connectivity index (χ1v) is 11.8. The van der Waals surface area contributed by atoms with Crippen LogP contribution < -0.4 is 24.6 Å². The van der Waals surface area contributed by atoms with Crippen LogP contribution in [0.15, 0.2) is 66.7 Å². The van der Waals surface area contributed by atoms with Crippen LogP contribution in [0.25, 0.3) is 0 Å². The minimum absolute atomic E-state index is 0.0675. The van der Waals surface area contributed by atoms with Crippen molar-refractivity contribution in [3.8, 4) is 11.5 Å². The summed E-state index contributed by atoms with van der Waals surface area (Å²) in [6.45, 7) is 0.889.